The quantitative estimate of drug-likeness (QED) is 0.789. The maximum Gasteiger partial charge on any atom is 0.260 e. The van der Waals surface area contributed by atoms with Gasteiger partial charge in [0, 0.05) is 12.1 Å². The number of hydrogen-bond acceptors (Lipinski definition) is 3. The molecule has 4 nitrogen and oxygen atoms in total. The van der Waals surface area contributed by atoms with Gasteiger partial charge in [0.25, 0.3) is 5.91 Å². The van der Waals surface area contributed by atoms with Crippen LogP contribution in [0.5, 0.6) is 5.75 Å². The van der Waals surface area contributed by atoms with Crippen molar-refractivity contribution in [2.24, 2.45) is 5.73 Å². The Labute approximate surface area is 135 Å². The number of hydrogen-bond donors (Lipinski definition) is 2. The largest absolute Gasteiger partial charge is 0.479 e. The third-order valence-corrected chi connectivity index (χ3v) is 3.77. The first kappa shape index (κ1) is 18.0. The van der Waals surface area contributed by atoms with Crippen molar-refractivity contribution in [2.45, 2.75) is 58.7 Å². The first-order valence-corrected chi connectivity index (χ1v) is 8.14. The average molecular weight is 357 g/mol. The van der Waals surface area contributed by atoms with E-state index in [2.05, 4.69) is 28.2 Å². The van der Waals surface area contributed by atoms with E-state index in [-0.39, 0.29) is 18.0 Å². The molecule has 3 N–H and O–H groups in total. The van der Waals surface area contributed by atoms with Crippen molar-refractivity contribution in [3.05, 3.63) is 28.2 Å². The van der Waals surface area contributed by atoms with E-state index >= 15 is 0 Å². The molecule has 21 heavy (non-hydrogen) atoms. The maximum atomic E-state index is 12.0. The molecule has 0 spiro atoms. The van der Waals surface area contributed by atoms with Crippen molar-refractivity contribution < 1.29 is 9.53 Å². The van der Waals surface area contributed by atoms with Gasteiger partial charge in [-0.25, -0.2) is 0 Å². The molecule has 0 saturated carbocycles. The molecule has 0 aromatic heterocycles. The van der Waals surface area contributed by atoms with Gasteiger partial charge in [-0.3, -0.25) is 4.79 Å². The predicted octanol–water partition coefficient (Wildman–Crippen LogP) is 3.02. The van der Waals surface area contributed by atoms with Crippen LogP contribution in [0.3, 0.4) is 0 Å². The molecule has 1 aromatic rings. The van der Waals surface area contributed by atoms with Crippen molar-refractivity contribution >= 4 is 21.8 Å². The highest BCUT2D eigenvalue weighted by atomic mass is 79.9. The number of para-hydroxylation sites is 1. The molecule has 118 valence electrons. The Morgan fingerprint density at radius 3 is 2.62 bits per heavy atom. The van der Waals surface area contributed by atoms with Crippen LogP contribution in [-0.4, -0.2) is 24.1 Å². The predicted molar refractivity (Wildman–Crippen MR) is 89.5 cm³/mol. The summed E-state index contributed by atoms with van der Waals surface area (Å²) in [5.74, 6) is 0.583. The lowest BCUT2D eigenvalue weighted by atomic mass is 10.0. The lowest BCUT2D eigenvalue weighted by molar-refractivity contribution is -0.127. The van der Waals surface area contributed by atoms with E-state index in [9.17, 15) is 4.79 Å². The topological polar surface area (TPSA) is 64.3 Å². The Morgan fingerprint density at radius 2 is 2.05 bits per heavy atom. The summed E-state index contributed by atoms with van der Waals surface area (Å²) in [6.45, 7) is 7.66. The molecule has 0 bridgehead atoms. The summed E-state index contributed by atoms with van der Waals surface area (Å²) < 4.78 is 6.71. The molecule has 0 saturated heterocycles. The summed E-state index contributed by atoms with van der Waals surface area (Å²) in [5, 5.41) is 2.85. The standard InChI is InChI=1S/C16H25BrN2O2/c1-5-13(18)9-12-7-6-8-14(17)15(12)21-11(4)16(20)19-10(2)3/h6-8,10-11,13H,5,9,18H2,1-4H3,(H,19,20). The molecule has 1 aromatic carbocycles. The van der Waals surface area contributed by atoms with Gasteiger partial charge in [0.15, 0.2) is 6.10 Å². The van der Waals surface area contributed by atoms with Crippen LogP contribution in [0.4, 0.5) is 0 Å². The van der Waals surface area contributed by atoms with Crippen molar-refractivity contribution in [1.29, 1.82) is 0 Å². The highest BCUT2D eigenvalue weighted by molar-refractivity contribution is 9.10. The number of benzene rings is 1. The van der Waals surface area contributed by atoms with Crippen molar-refractivity contribution in [3.63, 3.8) is 0 Å². The summed E-state index contributed by atoms with van der Waals surface area (Å²) in [6.07, 6.45) is 1.07. The van der Waals surface area contributed by atoms with Crippen molar-refractivity contribution in [3.8, 4) is 5.75 Å². The average Bonchev–Trinajstić information content (AvgIpc) is 2.41. The van der Waals surface area contributed by atoms with Gasteiger partial charge in [-0.15, -0.1) is 0 Å². The fraction of sp³-hybridized carbons (Fsp3) is 0.562. The second-order valence-electron chi connectivity index (χ2n) is 5.52. The zero-order valence-electron chi connectivity index (χ0n) is 13.2. The summed E-state index contributed by atoms with van der Waals surface area (Å²) >= 11 is 3.49. The second kappa shape index (κ2) is 8.39. The van der Waals surface area contributed by atoms with E-state index < -0.39 is 6.10 Å². The molecule has 0 aliphatic rings. The zero-order valence-corrected chi connectivity index (χ0v) is 14.7. The van der Waals surface area contributed by atoms with Crippen LogP contribution in [0.2, 0.25) is 0 Å². The van der Waals surface area contributed by atoms with Crippen LogP contribution >= 0.6 is 15.9 Å². The van der Waals surface area contributed by atoms with Gasteiger partial charge in [-0.2, -0.15) is 0 Å². The SMILES string of the molecule is CCC(N)Cc1cccc(Br)c1OC(C)C(=O)NC(C)C. The summed E-state index contributed by atoms with van der Waals surface area (Å²) in [7, 11) is 0. The molecule has 0 fully saturated rings. The lowest BCUT2D eigenvalue weighted by Crippen LogP contribution is -2.40. The minimum atomic E-state index is -0.553. The van der Waals surface area contributed by atoms with E-state index in [1.807, 2.05) is 32.0 Å². The van der Waals surface area contributed by atoms with Crippen molar-refractivity contribution in [1.82, 2.24) is 5.32 Å². The summed E-state index contributed by atoms with van der Waals surface area (Å²) in [5.41, 5.74) is 7.05. The highest BCUT2D eigenvalue weighted by Gasteiger charge is 2.19. The monoisotopic (exact) mass is 356 g/mol. The normalized spacial score (nSPS) is 13.9. The van der Waals surface area contributed by atoms with Gasteiger partial charge in [-0.1, -0.05) is 19.1 Å². The van der Waals surface area contributed by atoms with E-state index in [1.165, 1.54) is 0 Å². The number of carbonyl (C=O) groups excluding carboxylic acids is 1. The van der Waals surface area contributed by atoms with Crippen LogP contribution in [0.1, 0.15) is 39.7 Å². The highest BCUT2D eigenvalue weighted by Crippen LogP contribution is 2.31. The molecular formula is C16H25BrN2O2. The van der Waals surface area contributed by atoms with E-state index in [4.69, 9.17) is 10.5 Å². The molecule has 1 rings (SSSR count). The molecule has 1 amide bonds. The van der Waals surface area contributed by atoms with E-state index in [1.54, 1.807) is 6.92 Å². The zero-order chi connectivity index (χ0) is 16.0. The fourth-order valence-corrected chi connectivity index (χ4v) is 2.41. The number of nitrogens with one attached hydrogen (secondary N) is 1. The Morgan fingerprint density at radius 1 is 1.38 bits per heavy atom. The molecule has 2 unspecified atom stereocenters. The Bertz CT molecular complexity index is 477. The minimum Gasteiger partial charge on any atom is -0.479 e. The van der Waals surface area contributed by atoms with E-state index in [0.29, 0.717) is 5.75 Å². The van der Waals surface area contributed by atoms with Crippen LogP contribution in [0, 0.1) is 0 Å². The number of nitrogens with two attached hydrogens (primary N) is 1. The van der Waals surface area contributed by atoms with Crippen LogP contribution < -0.4 is 15.8 Å². The van der Waals surface area contributed by atoms with E-state index in [0.717, 1.165) is 22.9 Å². The minimum absolute atomic E-state index is 0.0847. The van der Waals surface area contributed by atoms with Gasteiger partial charge < -0.3 is 15.8 Å². The number of rotatable bonds is 7. The number of carbonyl (C=O) groups is 1. The second-order valence-corrected chi connectivity index (χ2v) is 6.38. The number of amides is 1. The third-order valence-electron chi connectivity index (χ3n) is 3.15. The number of halogens is 1. The molecule has 0 radical (unpaired) electrons. The summed E-state index contributed by atoms with van der Waals surface area (Å²) in [4.78, 5) is 12.0. The maximum absolute atomic E-state index is 12.0. The Kier molecular flexibility index (Phi) is 7.18. The lowest BCUT2D eigenvalue weighted by Gasteiger charge is -2.20. The first-order valence-electron chi connectivity index (χ1n) is 7.35. The van der Waals surface area contributed by atoms with Crippen molar-refractivity contribution in [2.75, 3.05) is 0 Å². The Hall–Kier alpha value is -1.07. The van der Waals surface area contributed by atoms with Crippen LogP contribution in [0.15, 0.2) is 22.7 Å². The molecule has 0 heterocycles. The first-order chi connectivity index (χ1) is 9.85. The van der Waals surface area contributed by atoms with Gasteiger partial charge in [0.2, 0.25) is 0 Å². The molecular weight excluding hydrogens is 332 g/mol. The van der Waals surface area contributed by atoms with Gasteiger partial charge >= 0.3 is 0 Å². The molecule has 2 atom stereocenters. The molecule has 0 aliphatic heterocycles. The number of ether oxygens (including phenoxy) is 1. The third kappa shape index (κ3) is 5.67. The van der Waals surface area contributed by atoms with Crippen LogP contribution in [-0.2, 0) is 11.2 Å². The smallest absolute Gasteiger partial charge is 0.260 e. The van der Waals surface area contributed by atoms with Gasteiger partial charge in [0.1, 0.15) is 5.75 Å². The van der Waals surface area contributed by atoms with Gasteiger partial charge in [-0.05, 0) is 61.2 Å². The fourth-order valence-electron chi connectivity index (χ4n) is 1.91. The van der Waals surface area contributed by atoms with Gasteiger partial charge in [0.05, 0.1) is 4.47 Å². The Balaban J connectivity index is 2.88. The molecule has 5 heteroatoms. The summed E-state index contributed by atoms with van der Waals surface area (Å²) in [6, 6.07) is 6.02. The van der Waals surface area contributed by atoms with Crippen LogP contribution in [0.25, 0.3) is 0 Å². The molecule has 0 aliphatic carbocycles.